The molecule has 5 heteroatoms. The number of non-ortho nitro benzene ring substituents is 1. The second kappa shape index (κ2) is 5.26. The number of carbonyl (C=O) groups excluding carboxylic acids is 1. The second-order valence-corrected chi connectivity index (χ2v) is 5.76. The van der Waals surface area contributed by atoms with Gasteiger partial charge >= 0.3 is 0 Å². The van der Waals surface area contributed by atoms with E-state index in [1.165, 1.54) is 12.1 Å². The summed E-state index contributed by atoms with van der Waals surface area (Å²) in [5.41, 5.74) is 0.619. The van der Waals surface area contributed by atoms with E-state index in [-0.39, 0.29) is 16.9 Å². The number of furan rings is 1. The molecule has 1 saturated carbocycles. The van der Waals surface area contributed by atoms with Crippen LogP contribution < -0.4 is 0 Å². The van der Waals surface area contributed by atoms with Gasteiger partial charge in [0.2, 0.25) is 0 Å². The van der Waals surface area contributed by atoms with E-state index in [2.05, 4.69) is 0 Å². The summed E-state index contributed by atoms with van der Waals surface area (Å²) in [6, 6.07) is 9.71. The SMILES string of the molecule is CC1(C(=O)/C=C/c2ccc(-c3ccc([N+](=O)[O-])cc3)o2)CC1. The van der Waals surface area contributed by atoms with E-state index in [1.807, 2.05) is 6.92 Å². The Kier molecular flexibility index (Phi) is 3.41. The fourth-order valence-electron chi connectivity index (χ4n) is 2.14. The van der Waals surface area contributed by atoms with Gasteiger partial charge in [0.05, 0.1) is 4.92 Å². The van der Waals surface area contributed by atoms with Crippen LogP contribution in [-0.4, -0.2) is 10.7 Å². The molecule has 0 N–H and O–H groups in total. The van der Waals surface area contributed by atoms with Gasteiger partial charge in [-0.2, -0.15) is 0 Å². The van der Waals surface area contributed by atoms with Crippen molar-refractivity contribution in [1.82, 2.24) is 0 Å². The number of carbonyl (C=O) groups is 1. The van der Waals surface area contributed by atoms with Gasteiger partial charge in [-0.05, 0) is 49.3 Å². The molecular formula is C17H15NO4. The molecule has 3 rings (SSSR count). The zero-order chi connectivity index (χ0) is 15.7. The zero-order valence-corrected chi connectivity index (χ0v) is 12.1. The molecule has 1 aromatic carbocycles. The molecule has 1 heterocycles. The van der Waals surface area contributed by atoms with Gasteiger partial charge in [-0.3, -0.25) is 14.9 Å². The van der Waals surface area contributed by atoms with Crippen molar-refractivity contribution in [2.45, 2.75) is 19.8 Å². The first-order valence-electron chi connectivity index (χ1n) is 7.05. The van der Waals surface area contributed by atoms with Crippen molar-refractivity contribution >= 4 is 17.5 Å². The zero-order valence-electron chi connectivity index (χ0n) is 12.1. The van der Waals surface area contributed by atoms with Gasteiger partial charge in [-0.1, -0.05) is 6.92 Å². The summed E-state index contributed by atoms with van der Waals surface area (Å²) in [7, 11) is 0. The first-order chi connectivity index (χ1) is 10.5. The fraction of sp³-hybridized carbons (Fsp3) is 0.235. The van der Waals surface area contributed by atoms with Gasteiger partial charge in [0.1, 0.15) is 11.5 Å². The summed E-state index contributed by atoms with van der Waals surface area (Å²) in [6.45, 7) is 1.96. The third-order valence-electron chi connectivity index (χ3n) is 3.98. The average Bonchev–Trinajstić information content (AvgIpc) is 3.10. The van der Waals surface area contributed by atoms with Crippen molar-refractivity contribution in [3.8, 4) is 11.3 Å². The maximum atomic E-state index is 11.9. The molecule has 0 bridgehead atoms. The average molecular weight is 297 g/mol. The van der Waals surface area contributed by atoms with Gasteiger partial charge in [0.25, 0.3) is 5.69 Å². The minimum Gasteiger partial charge on any atom is -0.457 e. The smallest absolute Gasteiger partial charge is 0.269 e. The Hall–Kier alpha value is -2.69. The highest BCUT2D eigenvalue weighted by atomic mass is 16.6. The van der Waals surface area contributed by atoms with Gasteiger partial charge < -0.3 is 4.42 Å². The van der Waals surface area contributed by atoms with Crippen LogP contribution in [0.3, 0.4) is 0 Å². The van der Waals surface area contributed by atoms with Gasteiger partial charge in [-0.15, -0.1) is 0 Å². The number of nitro benzene ring substituents is 1. The van der Waals surface area contributed by atoms with Crippen LogP contribution >= 0.6 is 0 Å². The van der Waals surface area contributed by atoms with Gasteiger partial charge in [0.15, 0.2) is 5.78 Å². The highest BCUT2D eigenvalue weighted by molar-refractivity contribution is 5.99. The van der Waals surface area contributed by atoms with Crippen LogP contribution in [0.4, 0.5) is 5.69 Å². The van der Waals surface area contributed by atoms with E-state index >= 15 is 0 Å². The van der Waals surface area contributed by atoms with Crippen molar-refractivity contribution in [3.05, 3.63) is 58.3 Å². The summed E-state index contributed by atoms with van der Waals surface area (Å²) in [6.07, 6.45) is 5.12. The largest absolute Gasteiger partial charge is 0.457 e. The standard InChI is InChI=1S/C17H15NO4/c1-17(10-11-17)16(19)9-7-14-6-8-15(22-14)12-2-4-13(5-3-12)18(20)21/h2-9H,10-11H2,1H3/b9-7+. The Labute approximate surface area is 127 Å². The minimum atomic E-state index is -0.440. The molecular weight excluding hydrogens is 282 g/mol. The lowest BCUT2D eigenvalue weighted by Gasteiger charge is -2.00. The molecule has 1 aromatic heterocycles. The molecule has 22 heavy (non-hydrogen) atoms. The van der Waals surface area contributed by atoms with E-state index in [0.717, 1.165) is 18.4 Å². The van der Waals surface area contributed by atoms with Gasteiger partial charge in [0, 0.05) is 23.1 Å². The molecule has 1 aliphatic rings. The van der Waals surface area contributed by atoms with Crippen LogP contribution in [0.15, 0.2) is 46.9 Å². The fourth-order valence-corrected chi connectivity index (χ4v) is 2.14. The van der Waals surface area contributed by atoms with E-state index in [1.54, 1.807) is 36.4 Å². The quantitative estimate of drug-likeness (QED) is 0.470. The third-order valence-corrected chi connectivity index (χ3v) is 3.98. The second-order valence-electron chi connectivity index (χ2n) is 5.76. The van der Waals surface area contributed by atoms with E-state index in [4.69, 9.17) is 4.42 Å². The van der Waals surface area contributed by atoms with Crippen molar-refractivity contribution < 1.29 is 14.1 Å². The third kappa shape index (κ3) is 2.83. The number of ketones is 1. The molecule has 0 saturated heterocycles. The summed E-state index contributed by atoms with van der Waals surface area (Å²) in [5, 5.41) is 10.6. The minimum absolute atomic E-state index is 0.0405. The first kappa shape index (κ1) is 14.3. The normalized spacial score (nSPS) is 15.9. The summed E-state index contributed by atoms with van der Waals surface area (Å²) >= 11 is 0. The molecule has 1 fully saturated rings. The Morgan fingerprint density at radius 2 is 1.91 bits per heavy atom. The monoisotopic (exact) mass is 297 g/mol. The van der Waals surface area contributed by atoms with Crippen molar-refractivity contribution in [2.75, 3.05) is 0 Å². The van der Waals surface area contributed by atoms with Gasteiger partial charge in [-0.25, -0.2) is 0 Å². The maximum Gasteiger partial charge on any atom is 0.269 e. The molecule has 0 radical (unpaired) electrons. The van der Waals surface area contributed by atoms with Crippen LogP contribution in [0.1, 0.15) is 25.5 Å². The maximum absolute atomic E-state index is 11.9. The number of allylic oxidation sites excluding steroid dienone is 1. The number of hydrogen-bond donors (Lipinski definition) is 0. The Morgan fingerprint density at radius 3 is 2.50 bits per heavy atom. The summed E-state index contributed by atoms with van der Waals surface area (Å²) < 4.78 is 5.64. The van der Waals surface area contributed by atoms with Crippen molar-refractivity contribution in [2.24, 2.45) is 5.41 Å². The Morgan fingerprint density at radius 1 is 1.23 bits per heavy atom. The lowest BCUT2D eigenvalue weighted by Crippen LogP contribution is -2.07. The van der Waals surface area contributed by atoms with Crippen LogP contribution in [0.25, 0.3) is 17.4 Å². The molecule has 0 atom stereocenters. The molecule has 5 nitrogen and oxygen atoms in total. The molecule has 2 aromatic rings. The Balaban J connectivity index is 1.74. The lowest BCUT2D eigenvalue weighted by atomic mass is 10.0. The number of nitrogens with zero attached hydrogens (tertiary/aromatic N) is 1. The highest BCUT2D eigenvalue weighted by Crippen LogP contribution is 2.46. The molecule has 0 amide bonds. The summed E-state index contributed by atoms with van der Waals surface area (Å²) in [4.78, 5) is 22.1. The van der Waals surface area contributed by atoms with Crippen LogP contribution in [0.5, 0.6) is 0 Å². The van der Waals surface area contributed by atoms with Crippen LogP contribution in [0.2, 0.25) is 0 Å². The number of benzene rings is 1. The van der Waals surface area contributed by atoms with Crippen LogP contribution in [-0.2, 0) is 4.79 Å². The van der Waals surface area contributed by atoms with E-state index < -0.39 is 4.92 Å². The molecule has 112 valence electrons. The van der Waals surface area contributed by atoms with E-state index in [9.17, 15) is 14.9 Å². The summed E-state index contributed by atoms with van der Waals surface area (Å²) in [5.74, 6) is 1.33. The molecule has 0 unspecified atom stereocenters. The topological polar surface area (TPSA) is 73.3 Å². The van der Waals surface area contributed by atoms with Crippen molar-refractivity contribution in [3.63, 3.8) is 0 Å². The lowest BCUT2D eigenvalue weighted by molar-refractivity contribution is -0.384. The van der Waals surface area contributed by atoms with E-state index in [0.29, 0.717) is 11.5 Å². The Bertz CT molecular complexity index is 751. The first-order valence-corrected chi connectivity index (χ1v) is 7.05. The molecule has 1 aliphatic carbocycles. The highest BCUT2D eigenvalue weighted by Gasteiger charge is 2.43. The number of nitro groups is 1. The van der Waals surface area contributed by atoms with Crippen LogP contribution in [0, 0.1) is 15.5 Å². The predicted octanol–water partition coefficient (Wildman–Crippen LogP) is 4.24. The number of hydrogen-bond acceptors (Lipinski definition) is 4. The molecule has 0 aliphatic heterocycles. The van der Waals surface area contributed by atoms with Crippen molar-refractivity contribution in [1.29, 1.82) is 0 Å². The predicted molar refractivity (Wildman–Crippen MR) is 82.2 cm³/mol. The molecule has 0 spiro atoms. The number of rotatable bonds is 5.